The minimum Gasteiger partial charge on any atom is -0.382 e. The number of carbonyl (C=O) groups is 2. The van der Waals surface area contributed by atoms with Gasteiger partial charge in [0.2, 0.25) is 5.91 Å². The van der Waals surface area contributed by atoms with Gasteiger partial charge in [0, 0.05) is 13.6 Å². The van der Waals surface area contributed by atoms with Crippen LogP contribution in [0.3, 0.4) is 0 Å². The number of hydrogen-bond donors (Lipinski definition) is 3. The third-order valence-electron chi connectivity index (χ3n) is 2.80. The van der Waals surface area contributed by atoms with Gasteiger partial charge < -0.3 is 16.0 Å². The molecule has 0 aliphatic carbocycles. The highest BCUT2D eigenvalue weighted by Gasteiger charge is 2.19. The number of rotatable bonds is 6. The molecular formula is C14H20FN3O2. The minimum absolute atomic E-state index is 0.163. The summed E-state index contributed by atoms with van der Waals surface area (Å²) in [5, 5.41) is 7.86. The Morgan fingerprint density at radius 1 is 1.35 bits per heavy atom. The summed E-state index contributed by atoms with van der Waals surface area (Å²) in [5.41, 5.74) is 0.352. The van der Waals surface area contributed by atoms with Crippen molar-refractivity contribution in [2.45, 2.75) is 26.3 Å². The molecule has 0 bridgehead atoms. The summed E-state index contributed by atoms with van der Waals surface area (Å²) in [6.07, 6.45) is 0.810. The first-order chi connectivity index (χ1) is 9.51. The molecule has 0 aliphatic heterocycles. The van der Waals surface area contributed by atoms with Crippen molar-refractivity contribution in [3.05, 3.63) is 29.6 Å². The second-order valence-electron chi connectivity index (χ2n) is 4.40. The normalized spacial score (nSPS) is 11.6. The molecular weight excluding hydrogens is 261 g/mol. The maximum atomic E-state index is 13.8. The van der Waals surface area contributed by atoms with Crippen LogP contribution in [0.1, 0.15) is 30.6 Å². The molecule has 2 amide bonds. The zero-order chi connectivity index (χ0) is 15.1. The fourth-order valence-corrected chi connectivity index (χ4v) is 1.70. The number of likely N-dealkylation sites (N-methyl/N-ethyl adjacent to an activating group) is 1. The van der Waals surface area contributed by atoms with Crippen molar-refractivity contribution in [2.24, 2.45) is 0 Å². The molecule has 0 saturated heterocycles. The van der Waals surface area contributed by atoms with E-state index in [-0.39, 0.29) is 17.2 Å². The lowest BCUT2D eigenvalue weighted by molar-refractivity contribution is -0.122. The van der Waals surface area contributed by atoms with E-state index >= 15 is 0 Å². The van der Waals surface area contributed by atoms with Crippen molar-refractivity contribution < 1.29 is 14.0 Å². The third-order valence-corrected chi connectivity index (χ3v) is 2.80. The summed E-state index contributed by atoms with van der Waals surface area (Å²) in [6.45, 7) is 4.07. The molecule has 0 saturated carbocycles. The molecule has 1 atom stereocenters. The van der Waals surface area contributed by atoms with E-state index in [2.05, 4.69) is 16.0 Å². The van der Waals surface area contributed by atoms with Crippen LogP contribution in [0.25, 0.3) is 0 Å². The fraction of sp³-hybridized carbons (Fsp3) is 0.429. The van der Waals surface area contributed by atoms with Crippen LogP contribution >= 0.6 is 0 Å². The molecule has 0 aromatic heterocycles. The SMILES string of the molecule is CCCNc1c(F)cccc1C(=O)NC(C)C(=O)NC. The van der Waals surface area contributed by atoms with Crippen molar-refractivity contribution >= 4 is 17.5 Å². The summed E-state index contributed by atoms with van der Waals surface area (Å²) >= 11 is 0. The van der Waals surface area contributed by atoms with Crippen LogP contribution in [0.4, 0.5) is 10.1 Å². The molecule has 1 unspecified atom stereocenters. The van der Waals surface area contributed by atoms with Crippen LogP contribution in [0.5, 0.6) is 0 Å². The van der Waals surface area contributed by atoms with Crippen LogP contribution in [0.2, 0.25) is 0 Å². The standard InChI is InChI=1S/C14H20FN3O2/c1-4-8-17-12-10(6-5-7-11(12)15)14(20)18-9(2)13(19)16-3/h5-7,9,17H,4,8H2,1-3H3,(H,16,19)(H,18,20). The maximum Gasteiger partial charge on any atom is 0.254 e. The predicted octanol–water partition coefficient (Wildman–Crippen LogP) is 1.51. The monoisotopic (exact) mass is 281 g/mol. The zero-order valence-corrected chi connectivity index (χ0v) is 11.9. The van der Waals surface area contributed by atoms with Crippen molar-refractivity contribution in [1.29, 1.82) is 0 Å². The highest BCUT2D eigenvalue weighted by Crippen LogP contribution is 2.20. The number of hydrogen-bond acceptors (Lipinski definition) is 3. The number of benzene rings is 1. The molecule has 0 radical (unpaired) electrons. The molecule has 1 rings (SSSR count). The van der Waals surface area contributed by atoms with Gasteiger partial charge in [-0.25, -0.2) is 4.39 Å². The van der Waals surface area contributed by atoms with Crippen molar-refractivity contribution in [3.63, 3.8) is 0 Å². The first-order valence-corrected chi connectivity index (χ1v) is 6.56. The predicted molar refractivity (Wildman–Crippen MR) is 76.2 cm³/mol. The summed E-state index contributed by atoms with van der Waals surface area (Å²) in [5.74, 6) is -1.28. The maximum absolute atomic E-state index is 13.8. The van der Waals surface area contributed by atoms with E-state index in [0.717, 1.165) is 6.42 Å². The van der Waals surface area contributed by atoms with Crippen LogP contribution in [-0.2, 0) is 4.79 Å². The van der Waals surface area contributed by atoms with Gasteiger partial charge in [0.1, 0.15) is 11.9 Å². The first kappa shape index (κ1) is 15.9. The van der Waals surface area contributed by atoms with Gasteiger partial charge in [0.15, 0.2) is 0 Å². The third kappa shape index (κ3) is 3.94. The van der Waals surface area contributed by atoms with Crippen molar-refractivity contribution in [3.8, 4) is 0 Å². The van der Waals surface area contributed by atoms with E-state index in [4.69, 9.17) is 0 Å². The van der Waals surface area contributed by atoms with E-state index < -0.39 is 17.8 Å². The van der Waals surface area contributed by atoms with E-state index in [1.807, 2.05) is 6.92 Å². The average Bonchev–Trinajstić information content (AvgIpc) is 2.44. The van der Waals surface area contributed by atoms with Gasteiger partial charge in [-0.05, 0) is 25.5 Å². The molecule has 0 aliphatic rings. The number of halogens is 1. The Labute approximate surface area is 117 Å². The lowest BCUT2D eigenvalue weighted by atomic mass is 10.1. The largest absolute Gasteiger partial charge is 0.382 e. The second-order valence-corrected chi connectivity index (χ2v) is 4.40. The van der Waals surface area contributed by atoms with Gasteiger partial charge in [-0.1, -0.05) is 13.0 Å². The topological polar surface area (TPSA) is 70.2 Å². The number of para-hydroxylation sites is 1. The van der Waals surface area contributed by atoms with Gasteiger partial charge in [-0.3, -0.25) is 9.59 Å². The Morgan fingerprint density at radius 3 is 2.65 bits per heavy atom. The molecule has 5 nitrogen and oxygen atoms in total. The van der Waals surface area contributed by atoms with Gasteiger partial charge >= 0.3 is 0 Å². The van der Waals surface area contributed by atoms with Crippen LogP contribution in [0, 0.1) is 5.82 Å². The van der Waals surface area contributed by atoms with Gasteiger partial charge in [-0.15, -0.1) is 0 Å². The van der Waals surface area contributed by atoms with Crippen LogP contribution in [0.15, 0.2) is 18.2 Å². The van der Waals surface area contributed by atoms with Crippen molar-refractivity contribution in [2.75, 3.05) is 18.9 Å². The average molecular weight is 281 g/mol. The van der Waals surface area contributed by atoms with Gasteiger partial charge in [-0.2, -0.15) is 0 Å². The van der Waals surface area contributed by atoms with Crippen LogP contribution < -0.4 is 16.0 Å². The Bertz CT molecular complexity index is 491. The summed E-state index contributed by atoms with van der Waals surface area (Å²) in [6, 6.07) is 3.59. The summed E-state index contributed by atoms with van der Waals surface area (Å²) in [7, 11) is 1.49. The summed E-state index contributed by atoms with van der Waals surface area (Å²) < 4.78 is 13.8. The molecule has 0 fully saturated rings. The quantitative estimate of drug-likeness (QED) is 0.740. The van der Waals surface area contributed by atoms with Crippen molar-refractivity contribution in [1.82, 2.24) is 10.6 Å². The number of nitrogens with one attached hydrogen (secondary N) is 3. The van der Waals surface area contributed by atoms with Gasteiger partial charge in [0.05, 0.1) is 11.3 Å². The minimum atomic E-state index is -0.685. The van der Waals surface area contributed by atoms with E-state index in [1.54, 1.807) is 6.92 Å². The Kier molecular flexibility index (Phi) is 5.96. The molecule has 0 spiro atoms. The number of anilines is 1. The summed E-state index contributed by atoms with van der Waals surface area (Å²) in [4.78, 5) is 23.5. The van der Waals surface area contributed by atoms with Crippen LogP contribution in [-0.4, -0.2) is 31.4 Å². The Balaban J connectivity index is 2.92. The Morgan fingerprint density at radius 2 is 2.05 bits per heavy atom. The molecule has 20 heavy (non-hydrogen) atoms. The molecule has 0 heterocycles. The van der Waals surface area contributed by atoms with E-state index in [0.29, 0.717) is 6.54 Å². The molecule has 1 aromatic rings. The number of amides is 2. The van der Waals surface area contributed by atoms with E-state index in [9.17, 15) is 14.0 Å². The Hall–Kier alpha value is -2.11. The molecule has 1 aromatic carbocycles. The molecule has 6 heteroatoms. The van der Waals surface area contributed by atoms with Gasteiger partial charge in [0.25, 0.3) is 5.91 Å². The van der Waals surface area contributed by atoms with E-state index in [1.165, 1.54) is 25.2 Å². The zero-order valence-electron chi connectivity index (χ0n) is 11.9. The highest BCUT2D eigenvalue weighted by molar-refractivity contribution is 6.01. The highest BCUT2D eigenvalue weighted by atomic mass is 19.1. The smallest absolute Gasteiger partial charge is 0.254 e. The molecule has 110 valence electrons. The fourth-order valence-electron chi connectivity index (χ4n) is 1.70. The lowest BCUT2D eigenvalue weighted by Crippen LogP contribution is -2.43. The molecule has 3 N–H and O–H groups in total. The lowest BCUT2D eigenvalue weighted by Gasteiger charge is -2.15. The first-order valence-electron chi connectivity index (χ1n) is 6.56. The second kappa shape index (κ2) is 7.47. The number of carbonyl (C=O) groups excluding carboxylic acids is 2.